The van der Waals surface area contributed by atoms with Crippen LogP contribution in [0.15, 0.2) is 0 Å². The van der Waals surface area contributed by atoms with Crippen LogP contribution in [0.2, 0.25) is 0 Å². The van der Waals surface area contributed by atoms with Gasteiger partial charge in [0, 0.05) is 11.5 Å². The highest BCUT2D eigenvalue weighted by Crippen LogP contribution is 2.22. The number of hydrogen-bond acceptors (Lipinski definition) is 8. The highest BCUT2D eigenvalue weighted by molar-refractivity contribution is 8.76. The van der Waals surface area contributed by atoms with E-state index in [9.17, 15) is 19.2 Å². The van der Waals surface area contributed by atoms with Crippen LogP contribution in [0, 0.1) is 0 Å². The van der Waals surface area contributed by atoms with Gasteiger partial charge in [0.15, 0.2) is 0 Å². The van der Waals surface area contributed by atoms with E-state index in [-0.39, 0.29) is 24.3 Å². The molecule has 0 fully saturated rings. The third kappa shape index (κ3) is 16.6. The van der Waals surface area contributed by atoms with Gasteiger partial charge in [-0.05, 0) is 0 Å². The van der Waals surface area contributed by atoms with Gasteiger partial charge in [-0.2, -0.15) is 0 Å². The molecular weight excluding hydrogens is 340 g/mol. The van der Waals surface area contributed by atoms with Crippen LogP contribution in [0.4, 0.5) is 0 Å². The van der Waals surface area contributed by atoms with E-state index in [2.05, 4.69) is 0 Å². The molecule has 0 heterocycles. The van der Waals surface area contributed by atoms with Gasteiger partial charge < -0.3 is 31.9 Å². The molecule has 0 saturated carbocycles. The van der Waals surface area contributed by atoms with Crippen molar-refractivity contribution in [1.29, 1.82) is 0 Å². The molecule has 0 aromatic carbocycles. The van der Waals surface area contributed by atoms with Gasteiger partial charge in [-0.1, -0.05) is 21.6 Å². The Balaban J connectivity index is 0. The largest absolute Gasteiger partial charge is 0.481 e. The minimum Gasteiger partial charge on any atom is -0.481 e. The maximum absolute atomic E-state index is 10.3. The Kier molecular flexibility index (Phi) is 13.6. The van der Waals surface area contributed by atoms with Crippen molar-refractivity contribution < 1.29 is 39.6 Å². The van der Waals surface area contributed by atoms with Crippen LogP contribution >= 0.6 is 21.6 Å². The maximum Gasteiger partial charge on any atom is 0.321 e. The van der Waals surface area contributed by atoms with E-state index in [0.717, 1.165) is 0 Å². The highest BCUT2D eigenvalue weighted by Gasteiger charge is 2.14. The average Bonchev–Trinajstić information content (AvgIpc) is 2.41. The number of hydrogen-bond donors (Lipinski definition) is 6. The molecule has 1 unspecified atom stereocenters. The molecule has 12 heteroatoms. The SMILES string of the molecule is NC(CSSC[C@H](N)C(=O)O)C(=O)O.O=C(O)CCC(=O)O. The maximum atomic E-state index is 10.3. The first-order valence-electron chi connectivity index (χ1n) is 5.72. The number of carboxylic acids is 4. The minimum absolute atomic E-state index is 0.229. The first-order valence-corrected chi connectivity index (χ1v) is 8.21. The first-order chi connectivity index (χ1) is 10.1. The number of carboxylic acid groups (broad SMARTS) is 4. The Morgan fingerprint density at radius 1 is 0.727 bits per heavy atom. The number of carbonyl (C=O) groups is 4. The lowest BCUT2D eigenvalue weighted by atomic mass is 10.3. The van der Waals surface area contributed by atoms with Crippen LogP contribution in [0.5, 0.6) is 0 Å². The predicted molar refractivity (Wildman–Crippen MR) is 80.6 cm³/mol. The van der Waals surface area contributed by atoms with Crippen LogP contribution in [0.25, 0.3) is 0 Å². The van der Waals surface area contributed by atoms with Crippen LogP contribution in [-0.2, 0) is 19.2 Å². The normalized spacial score (nSPS) is 12.5. The molecule has 0 aliphatic rings. The van der Waals surface area contributed by atoms with Gasteiger partial charge in [-0.3, -0.25) is 19.2 Å². The van der Waals surface area contributed by atoms with E-state index in [1.165, 1.54) is 21.6 Å². The summed E-state index contributed by atoms with van der Waals surface area (Å²) in [5, 5.41) is 32.6. The van der Waals surface area contributed by atoms with Crippen LogP contribution in [0.1, 0.15) is 12.8 Å². The second-order valence-electron chi connectivity index (χ2n) is 3.75. The molecule has 128 valence electrons. The van der Waals surface area contributed by atoms with Crippen molar-refractivity contribution >= 4 is 45.5 Å². The standard InChI is InChI=1S/C6H12N2O4S2.C4H6O4/c7-3(5(9)10)1-13-14-2-4(8)6(11)12;5-3(6)1-2-4(7)8/h3-4H,1-2,7-8H2,(H,9,10)(H,11,12);1-2H2,(H,5,6)(H,7,8)/t3-,4?;/m0./s1. The van der Waals surface area contributed by atoms with Crippen molar-refractivity contribution in [3.8, 4) is 0 Å². The molecular formula is C10H18N2O8S2. The van der Waals surface area contributed by atoms with Gasteiger partial charge >= 0.3 is 23.9 Å². The lowest BCUT2D eigenvalue weighted by Crippen LogP contribution is -2.33. The predicted octanol–water partition coefficient (Wildman–Crippen LogP) is -0.873. The molecule has 10 nitrogen and oxygen atoms in total. The Labute approximate surface area is 133 Å². The molecule has 2 atom stereocenters. The summed E-state index contributed by atoms with van der Waals surface area (Å²) in [6, 6.07) is -1.85. The molecule has 0 amide bonds. The lowest BCUT2D eigenvalue weighted by molar-refractivity contribution is -0.143. The summed E-state index contributed by atoms with van der Waals surface area (Å²) in [6.45, 7) is 0. The third-order valence-corrected chi connectivity index (χ3v) is 4.24. The van der Waals surface area contributed by atoms with Crippen molar-refractivity contribution in [2.24, 2.45) is 11.5 Å². The van der Waals surface area contributed by atoms with Gasteiger partial charge in [0.2, 0.25) is 0 Å². The molecule has 0 spiro atoms. The molecule has 0 aromatic heterocycles. The molecule has 0 rings (SSSR count). The van der Waals surface area contributed by atoms with Gasteiger partial charge in [0.1, 0.15) is 12.1 Å². The zero-order valence-corrected chi connectivity index (χ0v) is 13.0. The van der Waals surface area contributed by atoms with Crippen molar-refractivity contribution in [2.75, 3.05) is 11.5 Å². The molecule has 0 saturated heterocycles. The van der Waals surface area contributed by atoms with Crippen molar-refractivity contribution in [3.63, 3.8) is 0 Å². The molecule has 0 radical (unpaired) electrons. The zero-order chi connectivity index (χ0) is 17.7. The Morgan fingerprint density at radius 3 is 1.18 bits per heavy atom. The van der Waals surface area contributed by atoms with Crippen molar-refractivity contribution in [2.45, 2.75) is 24.9 Å². The minimum atomic E-state index is -1.08. The molecule has 0 aliphatic heterocycles. The number of aliphatic carboxylic acids is 4. The number of rotatable bonds is 10. The van der Waals surface area contributed by atoms with E-state index >= 15 is 0 Å². The van der Waals surface area contributed by atoms with Gasteiger partial charge in [-0.15, -0.1) is 0 Å². The van der Waals surface area contributed by atoms with E-state index in [1.807, 2.05) is 0 Å². The van der Waals surface area contributed by atoms with Gasteiger partial charge in [-0.25, -0.2) is 0 Å². The molecule has 0 bridgehead atoms. The molecule has 22 heavy (non-hydrogen) atoms. The second kappa shape index (κ2) is 13.2. The summed E-state index contributed by atoms with van der Waals surface area (Å²) in [7, 11) is 2.41. The van der Waals surface area contributed by atoms with Gasteiger partial charge in [0.25, 0.3) is 0 Å². The summed E-state index contributed by atoms with van der Waals surface area (Å²) in [4.78, 5) is 39.8. The van der Waals surface area contributed by atoms with E-state index in [4.69, 9.17) is 31.9 Å². The second-order valence-corrected chi connectivity index (χ2v) is 6.30. The lowest BCUT2D eigenvalue weighted by Gasteiger charge is -2.07. The Hall–Kier alpha value is -1.50. The molecule has 0 aliphatic carbocycles. The highest BCUT2D eigenvalue weighted by atomic mass is 33.1. The first kappa shape index (κ1) is 22.8. The third-order valence-electron chi connectivity index (χ3n) is 1.77. The summed E-state index contributed by atoms with van der Waals surface area (Å²) in [5.74, 6) is -3.83. The van der Waals surface area contributed by atoms with Crippen LogP contribution in [0.3, 0.4) is 0 Å². The summed E-state index contributed by atoms with van der Waals surface area (Å²) in [6.07, 6.45) is -0.593. The van der Waals surface area contributed by atoms with Crippen molar-refractivity contribution in [3.05, 3.63) is 0 Å². The zero-order valence-electron chi connectivity index (χ0n) is 11.4. The van der Waals surface area contributed by atoms with E-state index in [0.29, 0.717) is 0 Å². The van der Waals surface area contributed by atoms with E-state index < -0.39 is 36.0 Å². The number of nitrogens with two attached hydrogens (primary N) is 2. The Bertz CT molecular complexity index is 357. The Morgan fingerprint density at radius 2 is 1.00 bits per heavy atom. The quantitative estimate of drug-likeness (QED) is 0.208. The summed E-state index contributed by atoms with van der Waals surface area (Å²) in [5.41, 5.74) is 10.4. The van der Waals surface area contributed by atoms with Crippen molar-refractivity contribution in [1.82, 2.24) is 0 Å². The fourth-order valence-electron chi connectivity index (χ4n) is 0.599. The topological polar surface area (TPSA) is 201 Å². The fourth-order valence-corrected chi connectivity index (χ4v) is 2.83. The van der Waals surface area contributed by atoms with E-state index in [1.54, 1.807) is 0 Å². The van der Waals surface area contributed by atoms with Crippen LogP contribution < -0.4 is 11.5 Å². The average molecular weight is 358 g/mol. The molecule has 8 N–H and O–H groups in total. The monoisotopic (exact) mass is 358 g/mol. The van der Waals surface area contributed by atoms with Crippen LogP contribution in [-0.4, -0.2) is 67.9 Å². The van der Waals surface area contributed by atoms with Gasteiger partial charge in [0.05, 0.1) is 12.8 Å². The summed E-state index contributed by atoms with van der Waals surface area (Å²) < 4.78 is 0. The molecule has 0 aromatic rings. The smallest absolute Gasteiger partial charge is 0.321 e. The summed E-state index contributed by atoms with van der Waals surface area (Å²) >= 11 is 0. The fraction of sp³-hybridized carbons (Fsp3) is 0.600.